The quantitative estimate of drug-likeness (QED) is 0.831. The van der Waals surface area contributed by atoms with Gasteiger partial charge >= 0.3 is 5.97 Å². The largest absolute Gasteiger partial charge is 0.465 e. The van der Waals surface area contributed by atoms with Gasteiger partial charge < -0.3 is 15.0 Å². The highest BCUT2D eigenvalue weighted by molar-refractivity contribution is 5.85. The predicted molar refractivity (Wildman–Crippen MR) is 85.0 cm³/mol. The van der Waals surface area contributed by atoms with Crippen molar-refractivity contribution in [2.24, 2.45) is 18.7 Å². The topological polar surface area (TPSA) is 57.2 Å². The van der Waals surface area contributed by atoms with Gasteiger partial charge in [-0.05, 0) is 24.0 Å². The third kappa shape index (κ3) is 3.85. The molecule has 0 amide bonds. The van der Waals surface area contributed by atoms with Gasteiger partial charge in [0.2, 0.25) is 0 Å². The summed E-state index contributed by atoms with van der Waals surface area (Å²) in [4.78, 5) is 11.9. The summed E-state index contributed by atoms with van der Waals surface area (Å²) >= 11 is 0. The Balaban J connectivity index is 2.01. The smallest absolute Gasteiger partial charge is 0.323 e. The van der Waals surface area contributed by atoms with Gasteiger partial charge in [-0.2, -0.15) is 0 Å². The Hall–Kier alpha value is -1.81. The van der Waals surface area contributed by atoms with Gasteiger partial charge in [-0.1, -0.05) is 32.0 Å². The molecular formula is C17H24N2O2. The third-order valence-electron chi connectivity index (χ3n) is 3.66. The molecule has 1 atom stereocenters. The van der Waals surface area contributed by atoms with Crippen LogP contribution in [-0.2, 0) is 23.0 Å². The van der Waals surface area contributed by atoms with E-state index in [0.717, 1.165) is 22.9 Å². The Morgan fingerprint density at radius 1 is 1.33 bits per heavy atom. The van der Waals surface area contributed by atoms with Crippen molar-refractivity contribution in [1.82, 2.24) is 4.57 Å². The first-order valence-electron chi connectivity index (χ1n) is 7.44. The molecule has 0 fully saturated rings. The van der Waals surface area contributed by atoms with Gasteiger partial charge in [0.1, 0.15) is 6.04 Å². The molecule has 2 aromatic rings. The predicted octanol–water partition coefficient (Wildman–Crippen LogP) is 2.64. The zero-order chi connectivity index (χ0) is 15.4. The van der Waals surface area contributed by atoms with E-state index in [-0.39, 0.29) is 5.97 Å². The van der Waals surface area contributed by atoms with Crippen LogP contribution in [0.5, 0.6) is 0 Å². The summed E-state index contributed by atoms with van der Waals surface area (Å²) in [6, 6.07) is 7.51. The van der Waals surface area contributed by atoms with E-state index in [2.05, 4.69) is 30.5 Å². The van der Waals surface area contributed by atoms with Crippen LogP contribution in [0.15, 0.2) is 30.5 Å². The van der Waals surface area contributed by atoms with Crippen LogP contribution < -0.4 is 5.73 Å². The van der Waals surface area contributed by atoms with Crippen molar-refractivity contribution in [3.8, 4) is 0 Å². The van der Waals surface area contributed by atoms with Crippen LogP contribution in [0.2, 0.25) is 0 Å². The lowest BCUT2D eigenvalue weighted by Gasteiger charge is -2.12. The molecule has 1 heterocycles. The Kier molecular flexibility index (Phi) is 5.02. The number of hydrogen-bond donors (Lipinski definition) is 1. The van der Waals surface area contributed by atoms with E-state index in [0.29, 0.717) is 18.9 Å². The van der Waals surface area contributed by atoms with Crippen LogP contribution in [0.3, 0.4) is 0 Å². The molecule has 2 rings (SSSR count). The normalized spacial score (nSPS) is 12.8. The summed E-state index contributed by atoms with van der Waals surface area (Å²) < 4.78 is 7.29. The van der Waals surface area contributed by atoms with Crippen molar-refractivity contribution in [1.29, 1.82) is 0 Å². The molecular weight excluding hydrogens is 264 g/mol. The van der Waals surface area contributed by atoms with E-state index < -0.39 is 6.04 Å². The minimum absolute atomic E-state index is 0.316. The maximum Gasteiger partial charge on any atom is 0.323 e. The van der Waals surface area contributed by atoms with Gasteiger partial charge in [0.25, 0.3) is 0 Å². The molecule has 0 spiro atoms. The second-order valence-corrected chi connectivity index (χ2v) is 5.94. The van der Waals surface area contributed by atoms with Crippen molar-refractivity contribution in [2.45, 2.75) is 32.7 Å². The number of benzene rings is 1. The molecule has 0 aliphatic carbocycles. The van der Waals surface area contributed by atoms with Gasteiger partial charge in [0.15, 0.2) is 0 Å². The van der Waals surface area contributed by atoms with Crippen LogP contribution in [-0.4, -0.2) is 23.2 Å². The van der Waals surface area contributed by atoms with Crippen molar-refractivity contribution < 1.29 is 9.53 Å². The maximum absolute atomic E-state index is 11.9. The number of aryl methyl sites for hydroxylation is 1. The molecule has 0 saturated heterocycles. The van der Waals surface area contributed by atoms with E-state index in [1.807, 2.05) is 25.4 Å². The van der Waals surface area contributed by atoms with E-state index in [1.165, 1.54) is 0 Å². The monoisotopic (exact) mass is 288 g/mol. The molecule has 0 unspecified atom stereocenters. The van der Waals surface area contributed by atoms with E-state index >= 15 is 0 Å². The molecule has 0 aliphatic rings. The number of hydrogen-bond acceptors (Lipinski definition) is 3. The number of aromatic nitrogens is 1. The summed E-state index contributed by atoms with van der Waals surface area (Å²) in [6.07, 6.45) is 3.40. The van der Waals surface area contributed by atoms with Crippen LogP contribution in [0.4, 0.5) is 0 Å². The second-order valence-electron chi connectivity index (χ2n) is 5.94. The highest BCUT2D eigenvalue weighted by Crippen LogP contribution is 2.21. The molecule has 0 bridgehead atoms. The lowest BCUT2D eigenvalue weighted by molar-refractivity contribution is -0.145. The molecule has 0 saturated carbocycles. The molecule has 1 aromatic heterocycles. The highest BCUT2D eigenvalue weighted by atomic mass is 16.5. The average Bonchev–Trinajstić information content (AvgIpc) is 2.75. The average molecular weight is 288 g/mol. The number of nitrogens with two attached hydrogens (primary N) is 1. The molecule has 114 valence electrons. The van der Waals surface area contributed by atoms with E-state index in [4.69, 9.17) is 10.5 Å². The van der Waals surface area contributed by atoms with Crippen molar-refractivity contribution >= 4 is 16.9 Å². The number of para-hydroxylation sites is 1. The molecule has 0 radical (unpaired) electrons. The number of carbonyl (C=O) groups is 1. The first-order valence-corrected chi connectivity index (χ1v) is 7.44. The van der Waals surface area contributed by atoms with Gasteiger partial charge in [-0.25, -0.2) is 0 Å². The van der Waals surface area contributed by atoms with Gasteiger partial charge in [0, 0.05) is 30.6 Å². The lowest BCUT2D eigenvalue weighted by Crippen LogP contribution is -2.34. The van der Waals surface area contributed by atoms with Gasteiger partial charge in [-0.3, -0.25) is 4.79 Å². The van der Waals surface area contributed by atoms with E-state index in [9.17, 15) is 4.79 Å². The Morgan fingerprint density at radius 3 is 2.76 bits per heavy atom. The zero-order valence-electron chi connectivity index (χ0n) is 13.0. The maximum atomic E-state index is 11.9. The molecule has 0 aliphatic heterocycles. The number of nitrogens with zero attached hydrogens (tertiary/aromatic N) is 1. The summed E-state index contributed by atoms with van der Waals surface area (Å²) in [6.45, 7) is 4.65. The number of fused-ring (bicyclic) bond motifs is 1. The van der Waals surface area contributed by atoms with Crippen molar-refractivity contribution in [3.05, 3.63) is 36.0 Å². The number of carbonyl (C=O) groups excluding carboxylic acids is 1. The summed E-state index contributed by atoms with van der Waals surface area (Å²) in [7, 11) is 2.00. The summed E-state index contributed by atoms with van der Waals surface area (Å²) in [5, 5.41) is 1.14. The Bertz CT molecular complexity index is 616. The molecule has 4 heteroatoms. The molecule has 4 nitrogen and oxygen atoms in total. The fraction of sp³-hybridized carbons (Fsp3) is 0.471. The first-order chi connectivity index (χ1) is 9.99. The number of esters is 1. The second kappa shape index (κ2) is 6.76. The molecule has 2 N–H and O–H groups in total. The zero-order valence-corrected chi connectivity index (χ0v) is 13.0. The number of ether oxygens (including phenoxy) is 1. The van der Waals surface area contributed by atoms with Crippen molar-refractivity contribution in [2.75, 3.05) is 6.61 Å². The standard InChI is InChI=1S/C17H24N2O2/c1-12(2)8-9-21-17(20)15(18)10-13-11-19(3)16-7-5-4-6-14(13)16/h4-7,11-12,15H,8-10,18H2,1-3H3/t15-/m1/s1. The Morgan fingerprint density at radius 2 is 2.05 bits per heavy atom. The van der Waals surface area contributed by atoms with Crippen LogP contribution in [0.1, 0.15) is 25.8 Å². The van der Waals surface area contributed by atoms with Crippen LogP contribution >= 0.6 is 0 Å². The van der Waals surface area contributed by atoms with Crippen LogP contribution in [0, 0.1) is 5.92 Å². The molecule has 21 heavy (non-hydrogen) atoms. The third-order valence-corrected chi connectivity index (χ3v) is 3.66. The SMILES string of the molecule is CC(C)CCOC(=O)[C@H](N)Cc1cn(C)c2ccccc12. The number of rotatable bonds is 6. The fourth-order valence-electron chi connectivity index (χ4n) is 2.41. The van der Waals surface area contributed by atoms with Crippen LogP contribution in [0.25, 0.3) is 10.9 Å². The van der Waals surface area contributed by atoms with Crippen molar-refractivity contribution in [3.63, 3.8) is 0 Å². The summed E-state index contributed by atoms with van der Waals surface area (Å²) in [5.74, 6) is 0.204. The lowest BCUT2D eigenvalue weighted by atomic mass is 10.1. The van der Waals surface area contributed by atoms with Gasteiger partial charge in [-0.15, -0.1) is 0 Å². The first kappa shape index (κ1) is 15.6. The van der Waals surface area contributed by atoms with E-state index in [1.54, 1.807) is 0 Å². The Labute approximate surface area is 125 Å². The fourth-order valence-corrected chi connectivity index (χ4v) is 2.41. The molecule has 1 aromatic carbocycles. The minimum Gasteiger partial charge on any atom is -0.465 e. The van der Waals surface area contributed by atoms with Gasteiger partial charge in [0.05, 0.1) is 6.61 Å². The summed E-state index contributed by atoms with van der Waals surface area (Å²) in [5.41, 5.74) is 8.21. The highest BCUT2D eigenvalue weighted by Gasteiger charge is 2.18. The minimum atomic E-state index is -0.608.